The predicted octanol–water partition coefficient (Wildman–Crippen LogP) is 4.14. The third kappa shape index (κ3) is 3.20. The van der Waals surface area contributed by atoms with Crippen LogP contribution in [0.15, 0.2) is 35.7 Å². The molecule has 0 aliphatic carbocycles. The predicted molar refractivity (Wildman–Crippen MR) is 84.0 cm³/mol. The number of hydrogen-bond donors (Lipinski definition) is 2. The first-order valence-electron chi connectivity index (χ1n) is 6.52. The highest BCUT2D eigenvalue weighted by atomic mass is 32.1. The highest BCUT2D eigenvalue weighted by Crippen LogP contribution is 2.28. The van der Waals surface area contributed by atoms with Crippen molar-refractivity contribution in [2.24, 2.45) is 0 Å². The Labute approximate surface area is 123 Å². The molecule has 0 amide bonds. The van der Waals surface area contributed by atoms with E-state index in [1.54, 1.807) is 17.4 Å². The van der Waals surface area contributed by atoms with Gasteiger partial charge in [0.1, 0.15) is 0 Å². The van der Waals surface area contributed by atoms with Gasteiger partial charge < -0.3 is 10.4 Å². The van der Waals surface area contributed by atoms with Crippen molar-refractivity contribution in [2.75, 3.05) is 11.9 Å². The van der Waals surface area contributed by atoms with Gasteiger partial charge in [-0.25, -0.2) is 4.79 Å². The lowest BCUT2D eigenvalue weighted by Gasteiger charge is -2.25. The van der Waals surface area contributed by atoms with Crippen LogP contribution in [0.2, 0.25) is 0 Å². The minimum Gasteiger partial charge on any atom is -0.478 e. The fourth-order valence-electron chi connectivity index (χ4n) is 2.06. The van der Waals surface area contributed by atoms with E-state index in [9.17, 15) is 9.90 Å². The topological polar surface area (TPSA) is 49.3 Å². The summed E-state index contributed by atoms with van der Waals surface area (Å²) >= 11 is 1.72. The standard InChI is InChI=1S/C16H19NO2S/c1-11-6-7-13(12(9-11)15(18)19)17-10-16(2,3)14-5-4-8-20-14/h4-9,17H,10H2,1-3H3,(H,18,19). The van der Waals surface area contributed by atoms with Crippen LogP contribution >= 0.6 is 11.3 Å². The third-order valence-corrected chi connectivity index (χ3v) is 4.55. The number of thiophene rings is 1. The second kappa shape index (κ2) is 5.67. The van der Waals surface area contributed by atoms with E-state index in [0.717, 1.165) is 5.56 Å². The van der Waals surface area contributed by atoms with Gasteiger partial charge in [-0.2, -0.15) is 0 Å². The SMILES string of the molecule is Cc1ccc(NCC(C)(C)c2cccs2)c(C(=O)O)c1. The maximum Gasteiger partial charge on any atom is 0.337 e. The molecule has 0 bridgehead atoms. The molecule has 2 N–H and O–H groups in total. The summed E-state index contributed by atoms with van der Waals surface area (Å²) < 4.78 is 0. The van der Waals surface area contributed by atoms with Crippen LogP contribution in [0.3, 0.4) is 0 Å². The summed E-state index contributed by atoms with van der Waals surface area (Å²) in [4.78, 5) is 12.6. The molecule has 0 spiro atoms. The van der Waals surface area contributed by atoms with E-state index in [4.69, 9.17) is 0 Å². The van der Waals surface area contributed by atoms with E-state index in [0.29, 0.717) is 17.8 Å². The first kappa shape index (κ1) is 14.6. The zero-order chi connectivity index (χ0) is 14.8. The molecule has 0 saturated heterocycles. The first-order chi connectivity index (χ1) is 9.40. The molecule has 4 heteroatoms. The van der Waals surface area contributed by atoms with Crippen LogP contribution in [0, 0.1) is 6.92 Å². The van der Waals surface area contributed by atoms with Gasteiger partial charge in [-0.3, -0.25) is 0 Å². The van der Waals surface area contributed by atoms with Crippen molar-refractivity contribution in [2.45, 2.75) is 26.2 Å². The van der Waals surface area contributed by atoms with Crippen molar-refractivity contribution in [1.29, 1.82) is 0 Å². The molecule has 2 aromatic rings. The Kier molecular flexibility index (Phi) is 4.14. The van der Waals surface area contributed by atoms with E-state index in [2.05, 4.69) is 30.6 Å². The number of aryl methyl sites for hydroxylation is 1. The molecule has 0 aliphatic rings. The average molecular weight is 289 g/mol. The van der Waals surface area contributed by atoms with Crippen molar-refractivity contribution in [1.82, 2.24) is 0 Å². The van der Waals surface area contributed by atoms with Crippen molar-refractivity contribution in [3.63, 3.8) is 0 Å². The summed E-state index contributed by atoms with van der Waals surface area (Å²) in [6, 6.07) is 9.61. The van der Waals surface area contributed by atoms with Crippen LogP contribution < -0.4 is 5.32 Å². The highest BCUT2D eigenvalue weighted by molar-refractivity contribution is 7.10. The fraction of sp³-hybridized carbons (Fsp3) is 0.312. The van der Waals surface area contributed by atoms with Crippen LogP contribution in [-0.4, -0.2) is 17.6 Å². The van der Waals surface area contributed by atoms with Gasteiger partial charge in [-0.15, -0.1) is 11.3 Å². The quantitative estimate of drug-likeness (QED) is 0.869. The number of rotatable bonds is 5. The molecule has 0 atom stereocenters. The number of benzene rings is 1. The molecular formula is C16H19NO2S. The zero-order valence-corrected chi connectivity index (χ0v) is 12.8. The normalized spacial score (nSPS) is 11.3. The molecule has 106 valence electrons. The molecule has 1 aromatic carbocycles. The van der Waals surface area contributed by atoms with Gasteiger partial charge in [0.25, 0.3) is 0 Å². The molecular weight excluding hydrogens is 270 g/mol. The zero-order valence-electron chi connectivity index (χ0n) is 11.9. The summed E-state index contributed by atoms with van der Waals surface area (Å²) in [5.41, 5.74) is 1.92. The monoisotopic (exact) mass is 289 g/mol. The van der Waals surface area contributed by atoms with Gasteiger partial charge in [0.05, 0.1) is 5.56 Å². The van der Waals surface area contributed by atoms with Crippen LogP contribution in [0.1, 0.15) is 34.6 Å². The Morgan fingerprint density at radius 1 is 1.35 bits per heavy atom. The molecule has 0 fully saturated rings. The number of anilines is 1. The summed E-state index contributed by atoms with van der Waals surface area (Å²) in [6.45, 7) is 6.89. The molecule has 0 saturated carbocycles. The van der Waals surface area contributed by atoms with Crippen molar-refractivity contribution in [3.05, 3.63) is 51.7 Å². The minimum absolute atomic E-state index is 0.0329. The molecule has 1 aromatic heterocycles. The average Bonchev–Trinajstić information content (AvgIpc) is 2.91. The minimum atomic E-state index is -0.898. The number of nitrogens with one attached hydrogen (secondary N) is 1. The first-order valence-corrected chi connectivity index (χ1v) is 7.40. The summed E-state index contributed by atoms with van der Waals surface area (Å²) in [5, 5.41) is 14.6. The van der Waals surface area contributed by atoms with E-state index in [1.807, 2.05) is 25.1 Å². The van der Waals surface area contributed by atoms with Crippen LogP contribution in [-0.2, 0) is 5.41 Å². The summed E-state index contributed by atoms with van der Waals surface area (Å²) in [7, 11) is 0. The third-order valence-electron chi connectivity index (χ3n) is 3.31. The van der Waals surface area contributed by atoms with Crippen molar-refractivity contribution >= 4 is 23.0 Å². The maximum atomic E-state index is 11.3. The van der Waals surface area contributed by atoms with Crippen LogP contribution in [0.5, 0.6) is 0 Å². The fourth-order valence-corrected chi connectivity index (χ4v) is 2.91. The van der Waals surface area contributed by atoms with Crippen LogP contribution in [0.25, 0.3) is 0 Å². The summed E-state index contributed by atoms with van der Waals surface area (Å²) in [6.07, 6.45) is 0. The van der Waals surface area contributed by atoms with Gasteiger partial charge in [0.15, 0.2) is 0 Å². The molecule has 0 unspecified atom stereocenters. The smallest absolute Gasteiger partial charge is 0.337 e. The van der Waals surface area contributed by atoms with Gasteiger partial charge >= 0.3 is 5.97 Å². The molecule has 20 heavy (non-hydrogen) atoms. The molecule has 3 nitrogen and oxygen atoms in total. The van der Waals surface area contributed by atoms with Gasteiger partial charge in [0, 0.05) is 22.5 Å². The highest BCUT2D eigenvalue weighted by Gasteiger charge is 2.22. The lowest BCUT2D eigenvalue weighted by molar-refractivity contribution is 0.0698. The molecule has 0 radical (unpaired) electrons. The Morgan fingerprint density at radius 3 is 2.70 bits per heavy atom. The number of carboxylic acids is 1. The summed E-state index contributed by atoms with van der Waals surface area (Å²) in [5.74, 6) is -0.898. The number of aromatic carboxylic acids is 1. The van der Waals surface area contributed by atoms with Gasteiger partial charge in [-0.1, -0.05) is 31.5 Å². The van der Waals surface area contributed by atoms with Gasteiger partial charge in [0.2, 0.25) is 0 Å². The van der Waals surface area contributed by atoms with Crippen molar-refractivity contribution < 1.29 is 9.90 Å². The van der Waals surface area contributed by atoms with E-state index >= 15 is 0 Å². The van der Waals surface area contributed by atoms with Crippen LogP contribution in [0.4, 0.5) is 5.69 Å². The second-order valence-electron chi connectivity index (χ2n) is 5.57. The number of hydrogen-bond acceptors (Lipinski definition) is 3. The Balaban J connectivity index is 2.17. The number of carboxylic acid groups (broad SMARTS) is 1. The Hall–Kier alpha value is -1.81. The van der Waals surface area contributed by atoms with E-state index < -0.39 is 5.97 Å². The molecule has 1 heterocycles. The molecule has 2 rings (SSSR count). The Bertz CT molecular complexity index is 603. The lowest BCUT2D eigenvalue weighted by atomic mass is 9.91. The van der Waals surface area contributed by atoms with E-state index in [1.165, 1.54) is 4.88 Å². The van der Waals surface area contributed by atoms with Gasteiger partial charge in [-0.05, 0) is 30.5 Å². The molecule has 0 aliphatic heterocycles. The second-order valence-corrected chi connectivity index (χ2v) is 6.52. The van der Waals surface area contributed by atoms with Crippen molar-refractivity contribution in [3.8, 4) is 0 Å². The Morgan fingerprint density at radius 2 is 2.10 bits per heavy atom. The lowest BCUT2D eigenvalue weighted by Crippen LogP contribution is -2.27. The number of carbonyl (C=O) groups is 1. The largest absolute Gasteiger partial charge is 0.478 e. The van der Waals surface area contributed by atoms with E-state index in [-0.39, 0.29) is 5.41 Å². The maximum absolute atomic E-state index is 11.3.